The standard InChI is InChI=1S/C12H25NO4S.CH4/c1-10(8-18-9-11(15)7-14)12(16)17-6-4-5-13(2)3;/h10-11,14-15H,4-9H2,1-3H3;1H4. The molecule has 2 N–H and O–H groups in total. The van der Waals surface area contributed by atoms with Gasteiger partial charge < -0.3 is 19.8 Å². The van der Waals surface area contributed by atoms with Gasteiger partial charge in [0.1, 0.15) is 0 Å². The largest absolute Gasteiger partial charge is 0.465 e. The highest BCUT2D eigenvalue weighted by atomic mass is 32.2. The molecule has 0 aromatic rings. The van der Waals surface area contributed by atoms with Gasteiger partial charge >= 0.3 is 5.97 Å². The molecule has 0 amide bonds. The molecular formula is C13H29NO4S. The van der Waals surface area contributed by atoms with Gasteiger partial charge in [0.15, 0.2) is 0 Å². The summed E-state index contributed by atoms with van der Waals surface area (Å²) in [7, 11) is 3.96. The lowest BCUT2D eigenvalue weighted by Crippen LogP contribution is -2.21. The molecule has 2 atom stereocenters. The van der Waals surface area contributed by atoms with Crippen molar-refractivity contribution in [1.29, 1.82) is 0 Å². The van der Waals surface area contributed by atoms with Crippen LogP contribution in [-0.2, 0) is 9.53 Å². The Labute approximate surface area is 121 Å². The fourth-order valence-corrected chi connectivity index (χ4v) is 2.20. The summed E-state index contributed by atoms with van der Waals surface area (Å²) < 4.78 is 5.15. The maximum Gasteiger partial charge on any atom is 0.309 e. The predicted octanol–water partition coefficient (Wildman–Crippen LogP) is 0.840. The maximum absolute atomic E-state index is 11.6. The van der Waals surface area contributed by atoms with Crippen LogP contribution in [0.2, 0.25) is 0 Å². The molecule has 116 valence electrons. The van der Waals surface area contributed by atoms with E-state index < -0.39 is 6.10 Å². The Hall–Kier alpha value is -0.300. The zero-order chi connectivity index (χ0) is 14.0. The first-order valence-corrected chi connectivity index (χ1v) is 7.30. The minimum Gasteiger partial charge on any atom is -0.465 e. The van der Waals surface area contributed by atoms with Gasteiger partial charge in [-0.25, -0.2) is 0 Å². The molecule has 0 aliphatic heterocycles. The topological polar surface area (TPSA) is 70.0 Å². The normalized spacial score (nSPS) is 13.8. The van der Waals surface area contributed by atoms with Gasteiger partial charge in [0.05, 0.1) is 25.2 Å². The second-order valence-corrected chi connectivity index (χ2v) is 5.67. The fourth-order valence-electron chi connectivity index (χ4n) is 1.20. The van der Waals surface area contributed by atoms with E-state index in [1.165, 1.54) is 11.8 Å². The van der Waals surface area contributed by atoms with Gasteiger partial charge in [-0.1, -0.05) is 14.4 Å². The number of thioether (sulfide) groups is 1. The van der Waals surface area contributed by atoms with Crippen molar-refractivity contribution < 1.29 is 19.7 Å². The van der Waals surface area contributed by atoms with Crippen LogP contribution in [0.3, 0.4) is 0 Å². The molecule has 0 radical (unpaired) electrons. The molecule has 0 bridgehead atoms. The molecule has 0 aliphatic rings. The number of nitrogens with zero attached hydrogens (tertiary/aromatic N) is 1. The van der Waals surface area contributed by atoms with Crippen LogP contribution in [0, 0.1) is 5.92 Å². The Morgan fingerprint density at radius 2 is 2.00 bits per heavy atom. The second-order valence-electron chi connectivity index (χ2n) is 4.60. The van der Waals surface area contributed by atoms with Crippen molar-refractivity contribution >= 4 is 17.7 Å². The summed E-state index contributed by atoms with van der Waals surface area (Å²) in [5, 5.41) is 17.8. The monoisotopic (exact) mass is 295 g/mol. The van der Waals surface area contributed by atoms with Gasteiger partial charge in [0.25, 0.3) is 0 Å². The Bertz CT molecular complexity index is 227. The van der Waals surface area contributed by atoms with E-state index in [1.54, 1.807) is 0 Å². The highest BCUT2D eigenvalue weighted by molar-refractivity contribution is 7.99. The molecule has 0 spiro atoms. The van der Waals surface area contributed by atoms with E-state index in [1.807, 2.05) is 25.9 Å². The van der Waals surface area contributed by atoms with Crippen molar-refractivity contribution in [1.82, 2.24) is 4.90 Å². The zero-order valence-corrected chi connectivity index (χ0v) is 12.3. The lowest BCUT2D eigenvalue weighted by molar-refractivity contribution is -0.147. The van der Waals surface area contributed by atoms with E-state index >= 15 is 0 Å². The third-order valence-electron chi connectivity index (χ3n) is 2.29. The number of carbonyl (C=O) groups excluding carboxylic acids is 1. The lowest BCUT2D eigenvalue weighted by atomic mass is 10.2. The predicted molar refractivity (Wildman–Crippen MR) is 80.4 cm³/mol. The third-order valence-corrected chi connectivity index (χ3v) is 3.64. The van der Waals surface area contributed by atoms with E-state index in [9.17, 15) is 4.79 Å². The van der Waals surface area contributed by atoms with Gasteiger partial charge in [-0.15, -0.1) is 0 Å². The number of hydrogen-bond donors (Lipinski definition) is 2. The Kier molecular flexibility index (Phi) is 14.1. The van der Waals surface area contributed by atoms with Crippen molar-refractivity contribution in [2.75, 3.05) is 45.4 Å². The number of ether oxygens (including phenoxy) is 1. The van der Waals surface area contributed by atoms with E-state index in [0.29, 0.717) is 18.1 Å². The highest BCUT2D eigenvalue weighted by Crippen LogP contribution is 2.11. The Balaban J connectivity index is 0. The summed E-state index contributed by atoms with van der Waals surface area (Å²) in [5.74, 6) is 0.665. The summed E-state index contributed by atoms with van der Waals surface area (Å²) in [6.07, 6.45) is 0.125. The molecule has 0 aromatic carbocycles. The summed E-state index contributed by atoms with van der Waals surface area (Å²) in [6, 6.07) is 0. The summed E-state index contributed by atoms with van der Waals surface area (Å²) in [6.45, 7) is 2.92. The van der Waals surface area contributed by atoms with Crippen molar-refractivity contribution in [3.05, 3.63) is 0 Å². The van der Waals surface area contributed by atoms with Gasteiger partial charge in [0, 0.05) is 18.1 Å². The Morgan fingerprint density at radius 3 is 2.53 bits per heavy atom. The molecule has 19 heavy (non-hydrogen) atoms. The van der Waals surface area contributed by atoms with Crippen LogP contribution >= 0.6 is 11.8 Å². The van der Waals surface area contributed by atoms with Crippen LogP contribution in [0.25, 0.3) is 0 Å². The van der Waals surface area contributed by atoms with Crippen LogP contribution < -0.4 is 0 Å². The van der Waals surface area contributed by atoms with Gasteiger partial charge in [-0.3, -0.25) is 4.79 Å². The first kappa shape index (κ1) is 21.0. The second kappa shape index (κ2) is 12.7. The van der Waals surface area contributed by atoms with Crippen LogP contribution in [0.4, 0.5) is 0 Å². The molecule has 0 rings (SSSR count). The van der Waals surface area contributed by atoms with Crippen LogP contribution in [-0.4, -0.2) is 72.5 Å². The maximum atomic E-state index is 11.6. The molecular weight excluding hydrogens is 266 g/mol. The van der Waals surface area contributed by atoms with Crippen molar-refractivity contribution in [2.24, 2.45) is 5.92 Å². The van der Waals surface area contributed by atoms with E-state index in [4.69, 9.17) is 14.9 Å². The minimum atomic E-state index is -0.710. The van der Waals surface area contributed by atoms with Crippen LogP contribution in [0.15, 0.2) is 0 Å². The fraction of sp³-hybridized carbons (Fsp3) is 0.923. The van der Waals surface area contributed by atoms with Gasteiger partial charge in [-0.05, 0) is 20.5 Å². The van der Waals surface area contributed by atoms with Crippen molar-refractivity contribution in [3.63, 3.8) is 0 Å². The molecule has 0 fully saturated rings. The van der Waals surface area contributed by atoms with Gasteiger partial charge in [0.2, 0.25) is 0 Å². The number of carbonyl (C=O) groups is 1. The number of rotatable bonds is 10. The zero-order valence-electron chi connectivity index (χ0n) is 11.5. The third kappa shape index (κ3) is 12.5. The molecule has 0 saturated carbocycles. The summed E-state index contributed by atoms with van der Waals surface area (Å²) >= 11 is 1.45. The molecule has 0 heterocycles. The average Bonchev–Trinajstić information content (AvgIpc) is 2.33. The molecule has 0 saturated heterocycles. The molecule has 0 aromatic heterocycles. The van der Waals surface area contributed by atoms with Gasteiger partial charge in [-0.2, -0.15) is 11.8 Å². The lowest BCUT2D eigenvalue weighted by Gasteiger charge is -2.13. The van der Waals surface area contributed by atoms with Crippen LogP contribution in [0.5, 0.6) is 0 Å². The smallest absolute Gasteiger partial charge is 0.309 e. The first-order chi connectivity index (χ1) is 8.47. The highest BCUT2D eigenvalue weighted by Gasteiger charge is 2.15. The number of aliphatic hydroxyl groups is 2. The van der Waals surface area contributed by atoms with Crippen molar-refractivity contribution in [3.8, 4) is 0 Å². The van der Waals surface area contributed by atoms with E-state index in [0.717, 1.165) is 13.0 Å². The quantitative estimate of drug-likeness (QED) is 0.460. The number of aliphatic hydroxyl groups excluding tert-OH is 2. The molecule has 2 unspecified atom stereocenters. The molecule has 5 nitrogen and oxygen atoms in total. The summed E-state index contributed by atoms with van der Waals surface area (Å²) in [4.78, 5) is 13.6. The molecule has 6 heteroatoms. The average molecular weight is 295 g/mol. The van der Waals surface area contributed by atoms with E-state index in [-0.39, 0.29) is 25.9 Å². The minimum absolute atomic E-state index is 0. The summed E-state index contributed by atoms with van der Waals surface area (Å²) in [5.41, 5.74) is 0. The Morgan fingerprint density at radius 1 is 1.37 bits per heavy atom. The first-order valence-electron chi connectivity index (χ1n) is 6.15. The van der Waals surface area contributed by atoms with E-state index in [2.05, 4.69) is 0 Å². The van der Waals surface area contributed by atoms with Crippen molar-refractivity contribution in [2.45, 2.75) is 26.9 Å². The van der Waals surface area contributed by atoms with Crippen LogP contribution in [0.1, 0.15) is 20.8 Å². The number of esters is 1. The molecule has 0 aliphatic carbocycles. The number of hydrogen-bond acceptors (Lipinski definition) is 6. The SMILES string of the molecule is C.CC(CSCC(O)CO)C(=O)OCCCN(C)C.